The first-order chi connectivity index (χ1) is 8.16. The molecule has 0 bridgehead atoms. The van der Waals surface area contributed by atoms with Gasteiger partial charge in [0.25, 0.3) is 0 Å². The Labute approximate surface area is 113 Å². The zero-order valence-corrected chi connectivity index (χ0v) is 11.8. The molecule has 1 amide bonds. The topological polar surface area (TPSA) is 64.4 Å². The van der Waals surface area contributed by atoms with E-state index in [1.54, 1.807) is 11.3 Å². The van der Waals surface area contributed by atoms with Crippen molar-refractivity contribution in [3.63, 3.8) is 0 Å². The number of carbonyl (C=O) groups is 1. The third kappa shape index (κ3) is 2.88. The molecule has 1 fully saturated rings. The molecule has 1 aromatic rings. The van der Waals surface area contributed by atoms with E-state index in [2.05, 4.69) is 27.3 Å². The molecule has 4 nitrogen and oxygen atoms in total. The smallest absolute Gasteiger partial charge is 0.232 e. The molecule has 17 heavy (non-hydrogen) atoms. The number of amides is 1. The van der Waals surface area contributed by atoms with E-state index in [4.69, 9.17) is 10.5 Å². The number of nitrogens with two attached hydrogens (primary N) is 1. The maximum absolute atomic E-state index is 11.9. The molecule has 1 aliphatic heterocycles. The summed E-state index contributed by atoms with van der Waals surface area (Å²) in [5.74, 6) is 0.0156. The molecule has 1 aliphatic rings. The highest BCUT2D eigenvalue weighted by atomic mass is 79.9. The molecule has 0 aliphatic carbocycles. The number of hydrogen-bond acceptors (Lipinski definition) is 4. The van der Waals surface area contributed by atoms with Crippen molar-refractivity contribution in [2.75, 3.05) is 26.3 Å². The molecule has 0 spiro atoms. The van der Waals surface area contributed by atoms with Gasteiger partial charge < -0.3 is 15.8 Å². The van der Waals surface area contributed by atoms with Crippen molar-refractivity contribution < 1.29 is 9.53 Å². The summed E-state index contributed by atoms with van der Waals surface area (Å²) < 4.78 is 6.17. The van der Waals surface area contributed by atoms with Gasteiger partial charge in [0.2, 0.25) is 5.91 Å². The van der Waals surface area contributed by atoms with E-state index >= 15 is 0 Å². The summed E-state index contributed by atoms with van der Waals surface area (Å²) in [5, 5.41) is 4.97. The van der Waals surface area contributed by atoms with E-state index in [1.165, 1.54) is 4.88 Å². The van der Waals surface area contributed by atoms with Crippen LogP contribution >= 0.6 is 27.3 Å². The van der Waals surface area contributed by atoms with Crippen LogP contribution in [-0.2, 0) is 16.0 Å². The molecule has 1 saturated heterocycles. The van der Waals surface area contributed by atoms with Crippen LogP contribution in [0.5, 0.6) is 0 Å². The second-order valence-corrected chi connectivity index (χ2v) is 6.13. The Hall–Kier alpha value is -0.430. The van der Waals surface area contributed by atoms with Crippen LogP contribution in [0.1, 0.15) is 4.88 Å². The number of nitrogens with one attached hydrogen (secondary N) is 1. The second kappa shape index (κ2) is 5.48. The molecule has 1 aromatic heterocycles. The lowest BCUT2D eigenvalue weighted by Crippen LogP contribution is -2.58. The summed E-state index contributed by atoms with van der Waals surface area (Å²) in [6.07, 6.45) is 0.851. The summed E-state index contributed by atoms with van der Waals surface area (Å²) in [6, 6.07) is 2.07. The van der Waals surface area contributed by atoms with Gasteiger partial charge in [-0.2, -0.15) is 0 Å². The van der Waals surface area contributed by atoms with Crippen LogP contribution in [0.15, 0.2) is 15.9 Å². The number of hydrogen-bond donors (Lipinski definition) is 2. The molecule has 2 heterocycles. The minimum atomic E-state index is -0.476. The van der Waals surface area contributed by atoms with Gasteiger partial charge in [0.05, 0.1) is 13.2 Å². The van der Waals surface area contributed by atoms with Gasteiger partial charge in [0, 0.05) is 27.8 Å². The van der Waals surface area contributed by atoms with E-state index < -0.39 is 5.41 Å². The van der Waals surface area contributed by atoms with Gasteiger partial charge in [-0.15, -0.1) is 11.3 Å². The first-order valence-electron chi connectivity index (χ1n) is 5.45. The highest BCUT2D eigenvalue weighted by molar-refractivity contribution is 9.10. The van der Waals surface area contributed by atoms with Crippen LogP contribution < -0.4 is 11.1 Å². The quantitative estimate of drug-likeness (QED) is 0.856. The maximum atomic E-state index is 11.9. The van der Waals surface area contributed by atoms with Gasteiger partial charge in [0.1, 0.15) is 5.41 Å². The Morgan fingerprint density at radius 2 is 2.41 bits per heavy atom. The molecule has 0 unspecified atom stereocenters. The van der Waals surface area contributed by atoms with Crippen molar-refractivity contribution in [2.24, 2.45) is 11.1 Å². The molecule has 6 heteroatoms. The van der Waals surface area contributed by atoms with E-state index in [0.29, 0.717) is 26.3 Å². The van der Waals surface area contributed by atoms with Gasteiger partial charge in [0.15, 0.2) is 0 Å². The van der Waals surface area contributed by atoms with Gasteiger partial charge >= 0.3 is 0 Å². The second-order valence-electron chi connectivity index (χ2n) is 4.21. The van der Waals surface area contributed by atoms with Crippen LogP contribution in [-0.4, -0.2) is 32.2 Å². The van der Waals surface area contributed by atoms with Crippen molar-refractivity contribution in [1.29, 1.82) is 0 Å². The molecule has 0 radical (unpaired) electrons. The zero-order valence-electron chi connectivity index (χ0n) is 9.37. The molecule has 0 atom stereocenters. The zero-order chi connectivity index (χ0) is 12.3. The number of thiophene rings is 1. The van der Waals surface area contributed by atoms with Crippen molar-refractivity contribution >= 4 is 33.2 Å². The average Bonchev–Trinajstić information content (AvgIpc) is 2.63. The first-order valence-corrected chi connectivity index (χ1v) is 7.12. The molecule has 3 N–H and O–H groups in total. The molecule has 2 rings (SSSR count). The molecule has 94 valence electrons. The molecular formula is C11H15BrN2O2S. The lowest BCUT2D eigenvalue weighted by molar-refractivity contribution is -0.159. The normalized spacial score (nSPS) is 17.5. The van der Waals surface area contributed by atoms with Crippen LogP contribution in [0, 0.1) is 5.41 Å². The van der Waals surface area contributed by atoms with Crippen LogP contribution in [0.3, 0.4) is 0 Å². The van der Waals surface area contributed by atoms with E-state index in [0.717, 1.165) is 10.9 Å². The Balaban J connectivity index is 1.77. The summed E-state index contributed by atoms with van der Waals surface area (Å²) >= 11 is 5.09. The summed E-state index contributed by atoms with van der Waals surface area (Å²) in [4.78, 5) is 13.2. The Bertz CT molecular complexity index is 398. The van der Waals surface area contributed by atoms with Gasteiger partial charge in [-0.05, 0) is 28.4 Å². The minimum absolute atomic E-state index is 0.0156. The van der Waals surface area contributed by atoms with Gasteiger partial charge in [-0.25, -0.2) is 0 Å². The third-order valence-corrected chi connectivity index (χ3v) is 4.67. The molecule has 0 aromatic carbocycles. The van der Waals surface area contributed by atoms with E-state index in [9.17, 15) is 4.79 Å². The highest BCUT2D eigenvalue weighted by Crippen LogP contribution is 2.26. The lowest BCUT2D eigenvalue weighted by atomic mass is 9.85. The molecule has 0 saturated carbocycles. The fourth-order valence-corrected chi connectivity index (χ4v) is 3.12. The van der Waals surface area contributed by atoms with E-state index in [-0.39, 0.29) is 5.91 Å². The van der Waals surface area contributed by atoms with Gasteiger partial charge in [-0.1, -0.05) is 0 Å². The Morgan fingerprint density at radius 1 is 1.65 bits per heavy atom. The fourth-order valence-electron chi connectivity index (χ4n) is 1.66. The number of carbonyl (C=O) groups excluding carboxylic acids is 1. The number of rotatable bonds is 5. The summed E-state index contributed by atoms with van der Waals surface area (Å²) in [5.41, 5.74) is 5.13. The monoisotopic (exact) mass is 318 g/mol. The van der Waals surface area contributed by atoms with Gasteiger partial charge in [-0.3, -0.25) is 4.79 Å². The van der Waals surface area contributed by atoms with Crippen LogP contribution in [0.25, 0.3) is 0 Å². The number of halogens is 1. The highest BCUT2D eigenvalue weighted by Gasteiger charge is 2.44. The average molecular weight is 319 g/mol. The standard InChI is InChI=1S/C11H15BrN2O2S/c12-8-3-9(17-4-8)1-2-14-10(15)11(5-13)6-16-7-11/h3-4H,1-2,5-7,13H2,(H,14,15). The molecular weight excluding hydrogens is 304 g/mol. The number of ether oxygens (including phenoxy) is 1. The Morgan fingerprint density at radius 3 is 2.88 bits per heavy atom. The maximum Gasteiger partial charge on any atom is 0.232 e. The Kier molecular flexibility index (Phi) is 4.19. The van der Waals surface area contributed by atoms with Crippen molar-refractivity contribution in [1.82, 2.24) is 5.32 Å². The minimum Gasteiger partial charge on any atom is -0.379 e. The van der Waals surface area contributed by atoms with Crippen LogP contribution in [0.2, 0.25) is 0 Å². The van der Waals surface area contributed by atoms with Crippen molar-refractivity contribution in [3.05, 3.63) is 20.8 Å². The predicted octanol–water partition coefficient (Wildman–Crippen LogP) is 1.14. The first kappa shape index (κ1) is 13.0. The van der Waals surface area contributed by atoms with Crippen molar-refractivity contribution in [3.8, 4) is 0 Å². The predicted molar refractivity (Wildman–Crippen MR) is 71.0 cm³/mol. The SMILES string of the molecule is NCC1(C(=O)NCCc2cc(Br)cs2)COC1. The summed E-state index contributed by atoms with van der Waals surface area (Å²) in [7, 11) is 0. The van der Waals surface area contributed by atoms with Crippen LogP contribution in [0.4, 0.5) is 0 Å². The van der Waals surface area contributed by atoms with Crippen molar-refractivity contribution in [2.45, 2.75) is 6.42 Å². The summed E-state index contributed by atoms with van der Waals surface area (Å²) in [6.45, 7) is 1.89. The largest absolute Gasteiger partial charge is 0.379 e. The third-order valence-electron chi connectivity index (χ3n) is 2.91. The fraction of sp³-hybridized carbons (Fsp3) is 0.545. The lowest BCUT2D eigenvalue weighted by Gasteiger charge is -2.38. The van der Waals surface area contributed by atoms with E-state index in [1.807, 2.05) is 5.38 Å².